The predicted octanol–water partition coefficient (Wildman–Crippen LogP) is 3.27. The maximum atomic E-state index is 11.9. The second-order valence-electron chi connectivity index (χ2n) is 6.52. The molecule has 0 radical (unpaired) electrons. The quantitative estimate of drug-likeness (QED) is 0.866. The van der Waals surface area contributed by atoms with Crippen LogP contribution in [-0.4, -0.2) is 35.0 Å². The van der Waals surface area contributed by atoms with Gasteiger partial charge < -0.3 is 15.4 Å². The maximum Gasteiger partial charge on any atom is 0.253 e. The monoisotopic (exact) mass is 336 g/mol. The van der Waals surface area contributed by atoms with E-state index < -0.39 is 0 Å². The highest BCUT2D eigenvalue weighted by atomic mass is 32.2. The summed E-state index contributed by atoms with van der Waals surface area (Å²) in [6, 6.07) is 7.12. The van der Waals surface area contributed by atoms with E-state index in [1.165, 1.54) is 0 Å². The van der Waals surface area contributed by atoms with Crippen molar-refractivity contribution in [1.82, 2.24) is 0 Å². The summed E-state index contributed by atoms with van der Waals surface area (Å²) in [4.78, 5) is 23.8. The molecule has 1 unspecified atom stereocenters. The van der Waals surface area contributed by atoms with Crippen LogP contribution in [0, 0.1) is 0 Å². The Morgan fingerprint density at radius 3 is 2.30 bits per heavy atom. The summed E-state index contributed by atoms with van der Waals surface area (Å²) < 4.78 is 5.41. The van der Waals surface area contributed by atoms with E-state index in [4.69, 9.17) is 4.74 Å². The van der Waals surface area contributed by atoms with E-state index in [1.54, 1.807) is 36.0 Å². The van der Waals surface area contributed by atoms with E-state index in [0.29, 0.717) is 18.0 Å². The molecule has 0 aliphatic carbocycles. The molecule has 126 valence electrons. The maximum absolute atomic E-state index is 11.9. The van der Waals surface area contributed by atoms with Crippen LogP contribution in [0.5, 0.6) is 0 Å². The number of carbonyl (C=O) groups is 2. The number of hydrogen-bond acceptors (Lipinski definition) is 4. The molecule has 1 atom stereocenters. The number of thioether (sulfide) groups is 1. The molecule has 0 aromatic heterocycles. The molecule has 0 spiro atoms. The van der Waals surface area contributed by atoms with E-state index in [-0.39, 0.29) is 22.7 Å². The van der Waals surface area contributed by atoms with Crippen molar-refractivity contribution in [2.45, 2.75) is 44.5 Å². The van der Waals surface area contributed by atoms with Crippen molar-refractivity contribution in [3.8, 4) is 0 Å². The fourth-order valence-corrected chi connectivity index (χ4v) is 2.76. The van der Waals surface area contributed by atoms with Crippen LogP contribution in [-0.2, 0) is 14.3 Å². The second kappa shape index (κ2) is 7.84. The predicted molar refractivity (Wildman–Crippen MR) is 94.9 cm³/mol. The van der Waals surface area contributed by atoms with Gasteiger partial charge in [-0.25, -0.2) is 0 Å². The second-order valence-corrected chi connectivity index (χ2v) is 8.32. The van der Waals surface area contributed by atoms with Crippen LogP contribution in [0.3, 0.4) is 0 Å². The minimum atomic E-state index is -0.344. The minimum absolute atomic E-state index is 0.0268. The molecule has 0 bridgehead atoms. The van der Waals surface area contributed by atoms with Crippen LogP contribution in [0.15, 0.2) is 24.3 Å². The Morgan fingerprint density at radius 1 is 1.17 bits per heavy atom. The topological polar surface area (TPSA) is 67.4 Å². The molecule has 5 nitrogen and oxygen atoms in total. The Labute approximate surface area is 141 Å². The molecule has 2 amide bonds. The Balaban J connectivity index is 1.82. The van der Waals surface area contributed by atoms with Crippen LogP contribution >= 0.6 is 11.8 Å². The fourth-order valence-electron chi connectivity index (χ4n) is 2.12. The lowest BCUT2D eigenvalue weighted by Gasteiger charge is -2.17. The van der Waals surface area contributed by atoms with Gasteiger partial charge in [0, 0.05) is 22.7 Å². The average Bonchev–Trinajstić information content (AvgIpc) is 3.01. The summed E-state index contributed by atoms with van der Waals surface area (Å²) in [5.41, 5.74) is 1.42. The number of anilines is 2. The molecule has 1 aliphatic heterocycles. The smallest absolute Gasteiger partial charge is 0.253 e. The van der Waals surface area contributed by atoms with Gasteiger partial charge in [-0.15, -0.1) is 11.8 Å². The first kappa shape index (κ1) is 17.8. The fraction of sp³-hybridized carbons (Fsp3) is 0.529. The van der Waals surface area contributed by atoms with Gasteiger partial charge in [-0.05, 0) is 37.1 Å². The number of amides is 2. The van der Waals surface area contributed by atoms with Crippen molar-refractivity contribution in [2.75, 3.05) is 23.0 Å². The number of nitrogens with one attached hydrogen (secondary N) is 2. The van der Waals surface area contributed by atoms with Crippen LogP contribution in [0.25, 0.3) is 0 Å². The van der Waals surface area contributed by atoms with Gasteiger partial charge in [-0.1, -0.05) is 20.8 Å². The third kappa shape index (κ3) is 6.23. The molecule has 0 saturated carbocycles. The van der Waals surface area contributed by atoms with Gasteiger partial charge in [0.1, 0.15) is 6.10 Å². The number of hydrogen-bond donors (Lipinski definition) is 2. The third-order valence-electron chi connectivity index (χ3n) is 3.29. The van der Waals surface area contributed by atoms with Crippen molar-refractivity contribution in [1.29, 1.82) is 0 Å². The largest absolute Gasteiger partial charge is 0.368 e. The van der Waals surface area contributed by atoms with Crippen molar-refractivity contribution < 1.29 is 14.3 Å². The van der Waals surface area contributed by atoms with Gasteiger partial charge in [0.25, 0.3) is 5.91 Å². The lowest BCUT2D eigenvalue weighted by Crippen LogP contribution is -2.26. The first-order valence-corrected chi connectivity index (χ1v) is 8.78. The van der Waals surface area contributed by atoms with Crippen molar-refractivity contribution in [3.63, 3.8) is 0 Å². The number of benzene rings is 1. The molecular weight excluding hydrogens is 312 g/mol. The molecule has 1 saturated heterocycles. The van der Waals surface area contributed by atoms with Gasteiger partial charge in [0.05, 0.1) is 5.75 Å². The van der Waals surface area contributed by atoms with E-state index in [2.05, 4.69) is 31.4 Å². The summed E-state index contributed by atoms with van der Waals surface area (Å²) in [7, 11) is 0. The van der Waals surface area contributed by atoms with Gasteiger partial charge in [-0.2, -0.15) is 0 Å². The van der Waals surface area contributed by atoms with Gasteiger partial charge in [0.2, 0.25) is 5.91 Å². The molecule has 1 aromatic rings. The van der Waals surface area contributed by atoms with E-state index >= 15 is 0 Å². The normalized spacial score (nSPS) is 17.8. The van der Waals surface area contributed by atoms with Crippen molar-refractivity contribution >= 4 is 35.0 Å². The molecule has 1 fully saturated rings. The first-order chi connectivity index (χ1) is 10.8. The lowest BCUT2D eigenvalue weighted by molar-refractivity contribution is -0.124. The number of rotatable bonds is 5. The third-order valence-corrected chi connectivity index (χ3v) is 4.57. The SMILES string of the molecule is CC(C)(C)SCC(=O)Nc1ccc(NC(=O)C2CCCO2)cc1. The standard InChI is InChI=1S/C17H24N2O3S/c1-17(2,3)23-11-15(20)18-12-6-8-13(9-7-12)19-16(21)14-5-4-10-22-14/h6-9,14H,4-5,10-11H2,1-3H3,(H,18,20)(H,19,21). The van der Waals surface area contributed by atoms with Crippen molar-refractivity contribution in [3.05, 3.63) is 24.3 Å². The zero-order valence-corrected chi connectivity index (χ0v) is 14.7. The lowest BCUT2D eigenvalue weighted by atomic mass is 10.2. The van der Waals surface area contributed by atoms with Gasteiger partial charge in [-0.3, -0.25) is 9.59 Å². The molecule has 2 rings (SSSR count). The Morgan fingerprint density at radius 2 is 1.78 bits per heavy atom. The highest BCUT2D eigenvalue weighted by Gasteiger charge is 2.23. The van der Waals surface area contributed by atoms with Crippen LogP contribution in [0.4, 0.5) is 11.4 Å². The summed E-state index contributed by atoms with van der Waals surface area (Å²) in [5.74, 6) is 0.281. The summed E-state index contributed by atoms with van der Waals surface area (Å²) in [6.45, 7) is 6.89. The van der Waals surface area contributed by atoms with E-state index in [9.17, 15) is 9.59 Å². The van der Waals surface area contributed by atoms with Crippen LogP contribution in [0.2, 0.25) is 0 Å². The Kier molecular flexibility index (Phi) is 6.07. The highest BCUT2D eigenvalue weighted by Crippen LogP contribution is 2.23. The first-order valence-electron chi connectivity index (χ1n) is 7.80. The van der Waals surface area contributed by atoms with Gasteiger partial charge >= 0.3 is 0 Å². The van der Waals surface area contributed by atoms with Gasteiger partial charge in [0.15, 0.2) is 0 Å². The molecule has 6 heteroatoms. The zero-order chi connectivity index (χ0) is 16.9. The molecule has 2 N–H and O–H groups in total. The van der Waals surface area contributed by atoms with Crippen LogP contribution in [0.1, 0.15) is 33.6 Å². The molecule has 23 heavy (non-hydrogen) atoms. The summed E-state index contributed by atoms with van der Waals surface area (Å²) in [5, 5.41) is 5.68. The van der Waals surface area contributed by atoms with E-state index in [1.807, 2.05) is 0 Å². The molecule has 1 aromatic carbocycles. The highest BCUT2D eigenvalue weighted by molar-refractivity contribution is 8.01. The molecular formula is C17H24N2O3S. The Bertz CT molecular complexity index is 546. The molecule has 1 heterocycles. The number of ether oxygens (including phenoxy) is 1. The minimum Gasteiger partial charge on any atom is -0.368 e. The van der Waals surface area contributed by atoms with Crippen molar-refractivity contribution in [2.24, 2.45) is 0 Å². The van der Waals surface area contributed by atoms with E-state index in [0.717, 1.165) is 18.5 Å². The van der Waals surface area contributed by atoms with Crippen LogP contribution < -0.4 is 10.6 Å². The Hall–Kier alpha value is -1.53. The molecule has 1 aliphatic rings. The average molecular weight is 336 g/mol. The summed E-state index contributed by atoms with van der Waals surface area (Å²) in [6.07, 6.45) is 1.35. The summed E-state index contributed by atoms with van der Waals surface area (Å²) >= 11 is 1.60. The number of carbonyl (C=O) groups excluding carboxylic acids is 2. The zero-order valence-electron chi connectivity index (χ0n) is 13.8.